The first-order valence-electron chi connectivity index (χ1n) is 4.06. The molecule has 0 spiro atoms. The molecule has 0 unspecified atom stereocenters. The molecule has 1 rings (SSSR count). The Morgan fingerprint density at radius 1 is 1.58 bits per heavy atom. The number of hydrogen-bond donors (Lipinski definition) is 0. The van der Waals surface area contributed by atoms with E-state index in [4.69, 9.17) is 7.74 Å². The third-order valence-corrected chi connectivity index (χ3v) is 2.04. The zero-order chi connectivity index (χ0) is 8.10. The molecular formula is C8H11B3Co. The van der Waals surface area contributed by atoms with Gasteiger partial charge in [0.1, 0.15) is 0 Å². The fourth-order valence-corrected chi connectivity index (χ4v) is 1.31. The summed E-state index contributed by atoms with van der Waals surface area (Å²) >= 11 is 0. The minimum absolute atomic E-state index is 0. The summed E-state index contributed by atoms with van der Waals surface area (Å²) in [4.78, 5) is 0. The molecule has 0 amide bonds. The molecule has 4 heteroatoms. The molecule has 0 atom stereocenters. The maximum Gasteiger partial charge on any atom is 0.0548 e. The van der Waals surface area contributed by atoms with Gasteiger partial charge in [0.15, 0.2) is 0 Å². The van der Waals surface area contributed by atoms with Crippen LogP contribution in [-0.4, -0.2) is 22.0 Å². The number of hydrogen-bond acceptors (Lipinski definition) is 0. The Balaban J connectivity index is 0.00000121. The van der Waals surface area contributed by atoms with Gasteiger partial charge < -0.3 is 0 Å². The van der Waals surface area contributed by atoms with Crippen molar-refractivity contribution in [3.05, 3.63) is 23.3 Å². The molecule has 0 bridgehead atoms. The molecule has 61 valence electrons. The molecule has 1 aliphatic carbocycles. The summed E-state index contributed by atoms with van der Waals surface area (Å²) in [7, 11) is 8.87. The fraction of sp³-hybridized carbons (Fsp3) is 0.500. The van der Waals surface area contributed by atoms with Gasteiger partial charge in [-0.25, -0.2) is 0 Å². The predicted molar refractivity (Wildman–Crippen MR) is 53.1 cm³/mol. The third-order valence-electron chi connectivity index (χ3n) is 2.04. The van der Waals surface area contributed by atoms with Gasteiger partial charge >= 0.3 is 0 Å². The first-order valence-corrected chi connectivity index (χ1v) is 4.06. The van der Waals surface area contributed by atoms with Crippen LogP contribution in [0.25, 0.3) is 0 Å². The molecular weight excluding hydrogens is 187 g/mol. The molecule has 1 aliphatic rings. The molecule has 0 N–H and O–H groups in total. The molecule has 0 fully saturated rings. The zero-order valence-corrected chi connectivity index (χ0v) is 8.38. The smallest absolute Gasteiger partial charge is 0.0548 e. The molecule has 12 heavy (non-hydrogen) atoms. The Kier molecular flexibility index (Phi) is 6.77. The Morgan fingerprint density at radius 2 is 2.33 bits per heavy atom. The van der Waals surface area contributed by atoms with E-state index < -0.39 is 0 Å². The molecule has 0 aromatic rings. The van der Waals surface area contributed by atoms with Gasteiger partial charge in [0.25, 0.3) is 0 Å². The average Bonchev–Trinajstić information content (AvgIpc) is 2.37. The van der Waals surface area contributed by atoms with Crippen LogP contribution in [0.15, 0.2) is 23.3 Å². The van der Waals surface area contributed by atoms with Crippen molar-refractivity contribution in [1.29, 1.82) is 0 Å². The van der Waals surface area contributed by atoms with Gasteiger partial charge in [-0.05, 0) is 19.8 Å². The van der Waals surface area contributed by atoms with E-state index in [0.717, 1.165) is 19.2 Å². The van der Waals surface area contributed by atoms with Crippen LogP contribution >= 0.6 is 0 Å². The van der Waals surface area contributed by atoms with E-state index in [1.807, 2.05) is 7.17 Å². The zero-order valence-electron chi connectivity index (χ0n) is 7.34. The van der Waals surface area contributed by atoms with Crippen LogP contribution < -0.4 is 0 Å². The average molecular weight is 199 g/mol. The summed E-state index contributed by atoms with van der Waals surface area (Å²) in [6.07, 6.45) is 7.79. The van der Waals surface area contributed by atoms with Crippen molar-refractivity contribution in [2.45, 2.75) is 26.1 Å². The molecule has 5 radical (unpaired) electrons. The van der Waals surface area contributed by atoms with Crippen molar-refractivity contribution in [1.82, 2.24) is 0 Å². The summed E-state index contributed by atoms with van der Waals surface area (Å²) in [6, 6.07) is 0. The predicted octanol–water partition coefficient (Wildman–Crippen LogP) is 1.48. The van der Waals surface area contributed by atoms with Gasteiger partial charge in [-0.1, -0.05) is 29.6 Å². The van der Waals surface area contributed by atoms with Crippen LogP contribution in [-0.2, 0) is 16.8 Å². The van der Waals surface area contributed by atoms with E-state index >= 15 is 0 Å². The second kappa shape index (κ2) is 6.67. The van der Waals surface area contributed by atoms with Gasteiger partial charge in [0.2, 0.25) is 0 Å². The van der Waals surface area contributed by atoms with Crippen LogP contribution in [0, 0.1) is 0 Å². The van der Waals surface area contributed by atoms with Crippen LogP contribution in [0.3, 0.4) is 0 Å². The first kappa shape index (κ1) is 12.2. The Bertz CT molecular complexity index is 187. The van der Waals surface area contributed by atoms with Crippen LogP contribution in [0.1, 0.15) is 19.8 Å². The third kappa shape index (κ3) is 3.72. The summed E-state index contributed by atoms with van der Waals surface area (Å²) < 4.78 is 0. The van der Waals surface area contributed by atoms with E-state index in [9.17, 15) is 0 Å². The quantitative estimate of drug-likeness (QED) is 0.474. The first-order chi connectivity index (χ1) is 5.34. The van der Waals surface area contributed by atoms with E-state index in [0.29, 0.717) is 0 Å². The normalized spacial score (nSPS) is 14.4. The maximum atomic E-state index is 5.24. The molecule has 0 aromatic heterocycles. The summed E-state index contributed by atoms with van der Waals surface area (Å²) in [5.41, 5.74) is 3.00. The van der Waals surface area contributed by atoms with E-state index in [2.05, 4.69) is 19.1 Å². The van der Waals surface area contributed by atoms with Gasteiger partial charge in [-0.3, -0.25) is 0 Å². The van der Waals surface area contributed by atoms with Crippen molar-refractivity contribution >= 4 is 22.0 Å². The van der Waals surface area contributed by atoms with Crippen molar-refractivity contribution in [2.24, 2.45) is 0 Å². The summed E-state index contributed by atoms with van der Waals surface area (Å²) in [5, 5.41) is 0. The van der Waals surface area contributed by atoms with Crippen LogP contribution in [0.4, 0.5) is 0 Å². The van der Waals surface area contributed by atoms with Gasteiger partial charge in [0, 0.05) is 31.6 Å². The number of allylic oxidation sites excluding steroid dienone is 4. The maximum absolute atomic E-state index is 5.24. The second-order valence-electron chi connectivity index (χ2n) is 2.86. The molecule has 0 heterocycles. The second-order valence-corrected chi connectivity index (χ2v) is 2.86. The Hall–Kier alpha value is 0.181. The fourth-order valence-electron chi connectivity index (χ4n) is 1.31. The molecule has 0 nitrogen and oxygen atoms in total. The standard InChI is InChI=1S/C8H11B3.Co/c1-7-3-2-4-8(7)5-6-10-11-9;/h2-3H,4-6H2,1H3;. The molecule has 0 saturated heterocycles. The molecule has 0 saturated carbocycles. The van der Waals surface area contributed by atoms with Crippen molar-refractivity contribution in [2.75, 3.05) is 0 Å². The van der Waals surface area contributed by atoms with Crippen LogP contribution in [0.5, 0.6) is 0 Å². The monoisotopic (exact) mass is 199 g/mol. The van der Waals surface area contributed by atoms with Crippen molar-refractivity contribution in [3.8, 4) is 0 Å². The van der Waals surface area contributed by atoms with Gasteiger partial charge in [-0.2, -0.15) is 0 Å². The minimum Gasteiger partial charge on any atom is -0.0858 e. The van der Waals surface area contributed by atoms with Gasteiger partial charge in [0.05, 0.1) is 7.17 Å². The SMILES string of the molecule is [B][B][B]CCC1=C(C)C=CC1.[Co]. The summed E-state index contributed by atoms with van der Waals surface area (Å²) in [5.74, 6) is 0. The Labute approximate surface area is 88.3 Å². The van der Waals surface area contributed by atoms with Crippen LogP contribution in [0.2, 0.25) is 6.32 Å². The van der Waals surface area contributed by atoms with E-state index in [1.165, 1.54) is 5.57 Å². The topological polar surface area (TPSA) is 0 Å². The molecule has 0 aliphatic heterocycles. The largest absolute Gasteiger partial charge is 0.0858 e. The van der Waals surface area contributed by atoms with E-state index in [1.54, 1.807) is 12.6 Å². The van der Waals surface area contributed by atoms with Gasteiger partial charge in [-0.15, -0.1) is 0 Å². The number of rotatable bonds is 4. The summed E-state index contributed by atoms with van der Waals surface area (Å²) in [6.45, 7) is 2.17. The minimum atomic E-state index is 0. The van der Waals surface area contributed by atoms with Crippen molar-refractivity contribution < 1.29 is 16.8 Å². The Morgan fingerprint density at radius 3 is 2.83 bits per heavy atom. The van der Waals surface area contributed by atoms with E-state index in [-0.39, 0.29) is 16.8 Å². The molecule has 0 aromatic carbocycles. The van der Waals surface area contributed by atoms with Crippen molar-refractivity contribution in [3.63, 3.8) is 0 Å².